The van der Waals surface area contributed by atoms with Crippen molar-refractivity contribution in [2.24, 2.45) is 0 Å². The van der Waals surface area contributed by atoms with E-state index < -0.39 is 11.9 Å². The van der Waals surface area contributed by atoms with Crippen LogP contribution in [0.3, 0.4) is 0 Å². The number of ether oxygens (including phenoxy) is 1. The molecule has 0 spiro atoms. The summed E-state index contributed by atoms with van der Waals surface area (Å²) in [7, 11) is 1.58. The minimum Gasteiger partial charge on any atom is -0.480 e. The number of hydrogen-bond donors (Lipinski definition) is 0. The van der Waals surface area contributed by atoms with E-state index in [0.29, 0.717) is 36.3 Å². The molecule has 0 aliphatic heterocycles. The van der Waals surface area contributed by atoms with Gasteiger partial charge >= 0.3 is 6.18 Å². The van der Waals surface area contributed by atoms with E-state index in [1.165, 1.54) is 10.9 Å². The van der Waals surface area contributed by atoms with Crippen LogP contribution in [-0.4, -0.2) is 41.2 Å². The topological polar surface area (TPSA) is 83.5 Å². The molecule has 1 fully saturated rings. The third-order valence-electron chi connectivity index (χ3n) is 7.69. The number of aryl methyl sites for hydroxylation is 1. The monoisotopic (exact) mass is 569 g/mol. The molecule has 2 aromatic carbocycles. The molecule has 0 unspecified atom stereocenters. The van der Waals surface area contributed by atoms with Crippen LogP contribution in [0.5, 0.6) is 5.88 Å². The molecule has 0 radical (unpaired) electrons. The van der Waals surface area contributed by atoms with Gasteiger partial charge in [0.2, 0.25) is 5.88 Å². The Balaban J connectivity index is 1.31. The van der Waals surface area contributed by atoms with Gasteiger partial charge in [0.1, 0.15) is 23.4 Å². The molecule has 0 atom stereocenters. The van der Waals surface area contributed by atoms with Gasteiger partial charge in [0, 0.05) is 47.7 Å². The smallest absolute Gasteiger partial charge is 0.434 e. The van der Waals surface area contributed by atoms with Crippen molar-refractivity contribution >= 4 is 21.9 Å². The number of alkyl halides is 3. The van der Waals surface area contributed by atoms with Gasteiger partial charge in [-0.05, 0) is 31.4 Å². The summed E-state index contributed by atoms with van der Waals surface area (Å²) < 4.78 is 49.2. The first-order valence-electron chi connectivity index (χ1n) is 13.7. The minimum absolute atomic E-state index is 0.288. The summed E-state index contributed by atoms with van der Waals surface area (Å²) in [6, 6.07) is 15.5. The molecule has 0 amide bonds. The van der Waals surface area contributed by atoms with E-state index in [1.54, 1.807) is 14.0 Å². The lowest BCUT2D eigenvalue weighted by Gasteiger charge is -2.12. The molecule has 1 aliphatic carbocycles. The Morgan fingerprint density at radius 3 is 2.45 bits per heavy atom. The number of fused-ring (bicyclic) bond motifs is 3. The predicted octanol–water partition coefficient (Wildman–Crippen LogP) is 6.88. The van der Waals surface area contributed by atoms with Crippen LogP contribution in [0.25, 0.3) is 44.7 Å². The second-order valence-corrected chi connectivity index (χ2v) is 10.4. The molecule has 1 saturated carbocycles. The molecular weight excluding hydrogens is 543 g/mol. The highest BCUT2D eigenvalue weighted by Gasteiger charge is 2.35. The lowest BCUT2D eigenvalue weighted by Crippen LogP contribution is -2.05. The van der Waals surface area contributed by atoms with Crippen molar-refractivity contribution < 1.29 is 17.9 Å². The van der Waals surface area contributed by atoms with E-state index in [2.05, 4.69) is 19.5 Å². The Hall–Kier alpha value is -4.80. The van der Waals surface area contributed by atoms with Gasteiger partial charge in [-0.25, -0.2) is 24.9 Å². The first kappa shape index (κ1) is 26.1. The van der Waals surface area contributed by atoms with E-state index >= 15 is 0 Å². The fourth-order valence-corrected chi connectivity index (χ4v) is 5.48. The van der Waals surface area contributed by atoms with E-state index in [9.17, 15) is 13.2 Å². The molecule has 0 saturated heterocycles. The highest BCUT2D eigenvalue weighted by atomic mass is 19.4. The van der Waals surface area contributed by atoms with Crippen LogP contribution in [0.15, 0.2) is 67.3 Å². The number of benzene rings is 2. The molecule has 8 nitrogen and oxygen atoms in total. The highest BCUT2D eigenvalue weighted by molar-refractivity contribution is 6.06. The van der Waals surface area contributed by atoms with Crippen molar-refractivity contribution in [3.8, 4) is 28.7 Å². The average Bonchev–Trinajstić information content (AvgIpc) is 3.68. The van der Waals surface area contributed by atoms with Gasteiger partial charge in [0.25, 0.3) is 0 Å². The Bertz CT molecular complexity index is 1940. The third-order valence-corrected chi connectivity index (χ3v) is 7.69. The van der Waals surface area contributed by atoms with E-state index in [-0.39, 0.29) is 5.82 Å². The summed E-state index contributed by atoms with van der Waals surface area (Å²) in [5.41, 5.74) is 4.06. The summed E-state index contributed by atoms with van der Waals surface area (Å²) in [4.78, 5) is 22.5. The Kier molecular flexibility index (Phi) is 6.18. The minimum atomic E-state index is -4.50. The maximum Gasteiger partial charge on any atom is 0.434 e. The van der Waals surface area contributed by atoms with Gasteiger partial charge in [-0.1, -0.05) is 42.5 Å². The van der Waals surface area contributed by atoms with Crippen molar-refractivity contribution in [2.45, 2.75) is 44.9 Å². The maximum absolute atomic E-state index is 13.3. The molecule has 0 N–H and O–H groups in total. The lowest BCUT2D eigenvalue weighted by atomic mass is 10.1. The second kappa shape index (κ2) is 9.93. The van der Waals surface area contributed by atoms with Crippen LogP contribution >= 0.6 is 0 Å². The molecule has 1 aliphatic rings. The lowest BCUT2D eigenvalue weighted by molar-refractivity contribution is -0.140. The van der Waals surface area contributed by atoms with Gasteiger partial charge in [-0.2, -0.15) is 13.2 Å². The van der Waals surface area contributed by atoms with E-state index in [4.69, 9.17) is 14.7 Å². The number of aromatic nitrogens is 7. The fourth-order valence-electron chi connectivity index (χ4n) is 5.48. The summed E-state index contributed by atoms with van der Waals surface area (Å²) >= 11 is 0. The van der Waals surface area contributed by atoms with Gasteiger partial charge in [-0.15, -0.1) is 0 Å². The van der Waals surface area contributed by atoms with E-state index in [0.717, 1.165) is 57.8 Å². The summed E-state index contributed by atoms with van der Waals surface area (Å²) in [6.45, 7) is 2.67. The number of hydrogen-bond acceptors (Lipinski definition) is 6. The number of methoxy groups -OCH3 is 1. The summed E-state index contributed by atoms with van der Waals surface area (Å²) in [5.74, 6) is 1.59. The summed E-state index contributed by atoms with van der Waals surface area (Å²) in [6.07, 6.45) is 2.03. The predicted molar refractivity (Wildman–Crippen MR) is 152 cm³/mol. The summed E-state index contributed by atoms with van der Waals surface area (Å²) in [5, 5.41) is 1.94. The number of para-hydroxylation sites is 1. The molecule has 4 aromatic heterocycles. The van der Waals surface area contributed by atoms with Crippen LogP contribution in [0.2, 0.25) is 0 Å². The van der Waals surface area contributed by atoms with Gasteiger partial charge in [0.05, 0.1) is 18.3 Å². The Labute approximate surface area is 238 Å². The van der Waals surface area contributed by atoms with Crippen LogP contribution in [-0.2, 0) is 19.3 Å². The fraction of sp³-hybridized carbons (Fsp3) is 0.258. The van der Waals surface area contributed by atoms with Crippen LogP contribution < -0.4 is 4.74 Å². The normalized spacial score (nSPS) is 13.7. The number of halogens is 3. The Morgan fingerprint density at radius 1 is 0.952 bits per heavy atom. The highest BCUT2D eigenvalue weighted by Crippen LogP contribution is 2.45. The number of imidazole rings is 1. The average molecular weight is 570 g/mol. The van der Waals surface area contributed by atoms with Gasteiger partial charge in [0.15, 0.2) is 11.5 Å². The van der Waals surface area contributed by atoms with Crippen molar-refractivity contribution in [1.82, 2.24) is 34.1 Å². The molecule has 0 bridgehead atoms. The molecule has 42 heavy (non-hydrogen) atoms. The van der Waals surface area contributed by atoms with Crippen molar-refractivity contribution in [3.05, 3.63) is 84.2 Å². The third kappa shape index (κ3) is 4.45. The maximum atomic E-state index is 13.3. The SMILES string of the molecule is CCn1cc(C(F)(F)F)nc1-c1ccc(Cn2c3ccccc3c3cnc(-c4c(OC)ncnc4C4CC4)nc32)cc1. The molecule has 7 rings (SSSR count). The zero-order chi connectivity index (χ0) is 29.0. The molecule has 4 heterocycles. The van der Waals surface area contributed by atoms with Crippen molar-refractivity contribution in [3.63, 3.8) is 0 Å². The number of nitrogens with zero attached hydrogens (tertiary/aromatic N) is 7. The zero-order valence-corrected chi connectivity index (χ0v) is 22.9. The zero-order valence-electron chi connectivity index (χ0n) is 22.9. The first-order chi connectivity index (χ1) is 20.4. The second-order valence-electron chi connectivity index (χ2n) is 10.4. The van der Waals surface area contributed by atoms with Crippen LogP contribution in [0.1, 0.15) is 42.6 Å². The largest absolute Gasteiger partial charge is 0.480 e. The molecular formula is C31H26F3N7O. The van der Waals surface area contributed by atoms with Gasteiger partial charge in [-0.3, -0.25) is 0 Å². The van der Waals surface area contributed by atoms with Crippen molar-refractivity contribution in [2.75, 3.05) is 7.11 Å². The quantitative estimate of drug-likeness (QED) is 0.209. The van der Waals surface area contributed by atoms with Crippen molar-refractivity contribution in [1.29, 1.82) is 0 Å². The van der Waals surface area contributed by atoms with E-state index in [1.807, 2.05) is 54.7 Å². The molecule has 6 aromatic rings. The molecule has 11 heteroatoms. The van der Waals surface area contributed by atoms with Crippen LogP contribution in [0.4, 0.5) is 13.2 Å². The standard InChI is InChI=1S/C31H26F3N7O/c1-3-40-16-24(31(32,33)34)38-28(40)20-10-8-18(9-11-20)15-41-23-7-5-4-6-21(23)22-14-35-27(39-29(22)41)25-26(19-12-13-19)36-17-37-30(25)42-2/h4-11,14,16-17,19H,3,12-13,15H2,1-2H3. The first-order valence-corrected chi connectivity index (χ1v) is 13.7. The van der Waals surface area contributed by atoms with Gasteiger partial charge < -0.3 is 13.9 Å². The molecule has 212 valence electrons. The number of rotatable bonds is 7. The van der Waals surface area contributed by atoms with Crippen LogP contribution in [0, 0.1) is 0 Å². The Morgan fingerprint density at radius 2 is 1.74 bits per heavy atom.